The van der Waals surface area contributed by atoms with Crippen molar-refractivity contribution >= 4 is 0 Å². The van der Waals surface area contributed by atoms with Crippen LogP contribution in [0.15, 0.2) is 18.2 Å². The Labute approximate surface area is 90.9 Å². The maximum Gasteiger partial charge on any atom is 0.126 e. The Kier molecular flexibility index (Phi) is 3.86. The molecule has 1 unspecified atom stereocenters. The lowest BCUT2D eigenvalue weighted by molar-refractivity contribution is 0.0223. The minimum absolute atomic E-state index is 0.240. The summed E-state index contributed by atoms with van der Waals surface area (Å²) in [7, 11) is 0. The Morgan fingerprint density at radius 1 is 1.33 bits per heavy atom. The number of hydrogen-bond donors (Lipinski definition) is 1. The molecular weight excluding hydrogens is 191 g/mol. The smallest absolute Gasteiger partial charge is 0.126 e. The zero-order valence-corrected chi connectivity index (χ0v) is 9.68. The summed E-state index contributed by atoms with van der Waals surface area (Å²) in [5.41, 5.74) is 0.437. The van der Waals surface area contributed by atoms with Crippen LogP contribution in [-0.4, -0.2) is 5.11 Å². The van der Waals surface area contributed by atoms with E-state index in [0.717, 1.165) is 6.42 Å². The molecule has 0 radical (unpaired) electrons. The van der Waals surface area contributed by atoms with Gasteiger partial charge in [0.15, 0.2) is 0 Å². The SMILES string of the molecule is CCCC(O)(CC)c1ccc(C)c(F)c1. The van der Waals surface area contributed by atoms with Crippen LogP contribution in [0.1, 0.15) is 44.2 Å². The van der Waals surface area contributed by atoms with Crippen LogP contribution in [0.2, 0.25) is 0 Å². The summed E-state index contributed by atoms with van der Waals surface area (Å²) in [6.07, 6.45) is 2.18. The number of aryl methyl sites for hydroxylation is 1. The van der Waals surface area contributed by atoms with Crippen molar-refractivity contribution in [3.05, 3.63) is 35.1 Å². The normalized spacial score (nSPS) is 15.0. The molecule has 0 amide bonds. The van der Waals surface area contributed by atoms with Crippen LogP contribution in [0.25, 0.3) is 0 Å². The minimum Gasteiger partial charge on any atom is -0.385 e. The molecule has 0 aromatic heterocycles. The van der Waals surface area contributed by atoms with E-state index in [-0.39, 0.29) is 5.82 Å². The zero-order chi connectivity index (χ0) is 11.5. The van der Waals surface area contributed by atoms with Gasteiger partial charge in [0.05, 0.1) is 5.60 Å². The molecule has 0 fully saturated rings. The number of aliphatic hydroxyl groups is 1. The van der Waals surface area contributed by atoms with Gasteiger partial charge in [0, 0.05) is 0 Å². The summed E-state index contributed by atoms with van der Waals surface area (Å²) in [6.45, 7) is 5.67. The Hall–Kier alpha value is -0.890. The van der Waals surface area contributed by atoms with Gasteiger partial charge in [0.25, 0.3) is 0 Å². The molecule has 1 N–H and O–H groups in total. The van der Waals surface area contributed by atoms with Crippen molar-refractivity contribution in [2.75, 3.05) is 0 Å². The first kappa shape index (κ1) is 12.2. The van der Waals surface area contributed by atoms with Crippen LogP contribution in [0.4, 0.5) is 4.39 Å². The van der Waals surface area contributed by atoms with E-state index in [4.69, 9.17) is 0 Å². The molecule has 1 aromatic carbocycles. The first-order valence-electron chi connectivity index (χ1n) is 5.52. The molecule has 0 aliphatic heterocycles. The van der Waals surface area contributed by atoms with E-state index in [9.17, 15) is 9.50 Å². The predicted octanol–water partition coefficient (Wildman–Crippen LogP) is 3.53. The molecule has 1 atom stereocenters. The average Bonchev–Trinajstić information content (AvgIpc) is 2.22. The fourth-order valence-electron chi connectivity index (χ4n) is 1.82. The fourth-order valence-corrected chi connectivity index (χ4v) is 1.82. The van der Waals surface area contributed by atoms with E-state index < -0.39 is 5.60 Å². The average molecular weight is 210 g/mol. The number of benzene rings is 1. The molecule has 15 heavy (non-hydrogen) atoms. The van der Waals surface area contributed by atoms with Gasteiger partial charge in [-0.3, -0.25) is 0 Å². The van der Waals surface area contributed by atoms with Gasteiger partial charge < -0.3 is 5.11 Å². The monoisotopic (exact) mass is 210 g/mol. The Bertz CT molecular complexity index is 335. The molecule has 1 rings (SSSR count). The second-order valence-corrected chi connectivity index (χ2v) is 4.10. The second kappa shape index (κ2) is 4.75. The van der Waals surface area contributed by atoms with Gasteiger partial charge in [-0.05, 0) is 37.0 Å². The molecule has 0 aliphatic carbocycles. The van der Waals surface area contributed by atoms with Gasteiger partial charge in [-0.2, -0.15) is 0 Å². The molecular formula is C13H19FO. The van der Waals surface area contributed by atoms with E-state index in [1.165, 1.54) is 6.07 Å². The van der Waals surface area contributed by atoms with Crippen molar-refractivity contribution in [2.24, 2.45) is 0 Å². The topological polar surface area (TPSA) is 20.2 Å². The lowest BCUT2D eigenvalue weighted by Crippen LogP contribution is -2.24. The third-order valence-electron chi connectivity index (χ3n) is 2.96. The quantitative estimate of drug-likeness (QED) is 0.806. The molecule has 0 bridgehead atoms. The van der Waals surface area contributed by atoms with Crippen LogP contribution in [0.3, 0.4) is 0 Å². The van der Waals surface area contributed by atoms with Crippen LogP contribution < -0.4 is 0 Å². The molecule has 0 saturated carbocycles. The van der Waals surface area contributed by atoms with Gasteiger partial charge in [-0.1, -0.05) is 32.4 Å². The zero-order valence-electron chi connectivity index (χ0n) is 9.68. The fraction of sp³-hybridized carbons (Fsp3) is 0.538. The van der Waals surface area contributed by atoms with Crippen LogP contribution >= 0.6 is 0 Å². The lowest BCUT2D eigenvalue weighted by atomic mass is 9.86. The summed E-state index contributed by atoms with van der Waals surface area (Å²) >= 11 is 0. The van der Waals surface area contributed by atoms with Crippen molar-refractivity contribution in [3.8, 4) is 0 Å². The summed E-state index contributed by atoms with van der Waals surface area (Å²) < 4.78 is 13.4. The van der Waals surface area contributed by atoms with Crippen molar-refractivity contribution in [1.82, 2.24) is 0 Å². The highest BCUT2D eigenvalue weighted by atomic mass is 19.1. The van der Waals surface area contributed by atoms with Gasteiger partial charge >= 0.3 is 0 Å². The van der Waals surface area contributed by atoms with E-state index in [1.54, 1.807) is 13.0 Å². The highest BCUT2D eigenvalue weighted by molar-refractivity contribution is 5.27. The summed E-state index contributed by atoms with van der Waals surface area (Å²) in [6, 6.07) is 4.99. The Morgan fingerprint density at radius 2 is 2.00 bits per heavy atom. The minimum atomic E-state index is -0.872. The van der Waals surface area contributed by atoms with Crippen LogP contribution in [0.5, 0.6) is 0 Å². The molecule has 1 aromatic rings. The van der Waals surface area contributed by atoms with Crippen LogP contribution in [0, 0.1) is 12.7 Å². The summed E-state index contributed by atoms with van der Waals surface area (Å²) in [4.78, 5) is 0. The maximum atomic E-state index is 13.4. The number of halogens is 1. The molecule has 1 nitrogen and oxygen atoms in total. The maximum absolute atomic E-state index is 13.4. The lowest BCUT2D eigenvalue weighted by Gasteiger charge is -2.27. The molecule has 2 heteroatoms. The van der Waals surface area contributed by atoms with Gasteiger partial charge in [-0.25, -0.2) is 4.39 Å². The third kappa shape index (κ3) is 2.57. The van der Waals surface area contributed by atoms with E-state index >= 15 is 0 Å². The van der Waals surface area contributed by atoms with E-state index in [0.29, 0.717) is 24.0 Å². The Balaban J connectivity index is 3.07. The Morgan fingerprint density at radius 3 is 2.47 bits per heavy atom. The van der Waals surface area contributed by atoms with Gasteiger partial charge in [0.2, 0.25) is 0 Å². The van der Waals surface area contributed by atoms with Gasteiger partial charge in [0.1, 0.15) is 5.82 Å². The van der Waals surface area contributed by atoms with Crippen LogP contribution in [-0.2, 0) is 5.60 Å². The summed E-state index contributed by atoms with van der Waals surface area (Å²) in [5, 5.41) is 10.3. The van der Waals surface area contributed by atoms with E-state index in [2.05, 4.69) is 0 Å². The second-order valence-electron chi connectivity index (χ2n) is 4.10. The number of rotatable bonds is 4. The van der Waals surface area contributed by atoms with Crippen molar-refractivity contribution in [2.45, 2.75) is 45.6 Å². The molecule has 0 aliphatic rings. The highest BCUT2D eigenvalue weighted by Crippen LogP contribution is 2.30. The number of hydrogen-bond acceptors (Lipinski definition) is 1. The highest BCUT2D eigenvalue weighted by Gasteiger charge is 2.26. The largest absolute Gasteiger partial charge is 0.385 e. The third-order valence-corrected chi connectivity index (χ3v) is 2.96. The first-order chi connectivity index (χ1) is 7.03. The summed E-state index contributed by atoms with van der Waals surface area (Å²) in [5.74, 6) is -0.240. The van der Waals surface area contributed by atoms with Crippen molar-refractivity contribution in [3.63, 3.8) is 0 Å². The van der Waals surface area contributed by atoms with Crippen molar-refractivity contribution in [1.29, 1.82) is 0 Å². The predicted molar refractivity (Wildman–Crippen MR) is 60.2 cm³/mol. The molecule has 0 heterocycles. The van der Waals surface area contributed by atoms with Crippen molar-refractivity contribution < 1.29 is 9.50 Å². The molecule has 84 valence electrons. The molecule has 0 spiro atoms. The first-order valence-corrected chi connectivity index (χ1v) is 5.52. The molecule has 0 saturated heterocycles. The van der Waals surface area contributed by atoms with Gasteiger partial charge in [-0.15, -0.1) is 0 Å². The van der Waals surface area contributed by atoms with E-state index in [1.807, 2.05) is 19.9 Å². The standard InChI is InChI=1S/C13H19FO/c1-4-8-13(15,5-2)11-7-6-10(3)12(14)9-11/h6-7,9,15H,4-5,8H2,1-3H3.